The Kier molecular flexibility index (Phi) is 6.69. The van der Waals surface area contributed by atoms with Crippen LogP contribution in [0, 0.1) is 6.92 Å². The second-order valence-corrected chi connectivity index (χ2v) is 4.55. The second kappa shape index (κ2) is 8.04. The summed E-state index contributed by atoms with van der Waals surface area (Å²) >= 11 is 5.71. The minimum atomic E-state index is -0.243. The lowest BCUT2D eigenvalue weighted by molar-refractivity contribution is 0.0942. The molecule has 1 aromatic heterocycles. The molecule has 0 aromatic carbocycles. The van der Waals surface area contributed by atoms with E-state index in [2.05, 4.69) is 20.2 Å². The number of nitrogens with zero attached hydrogens (tertiary/aromatic N) is 3. The summed E-state index contributed by atoms with van der Waals surface area (Å²) in [5, 5.41) is 2.88. The summed E-state index contributed by atoms with van der Waals surface area (Å²) in [6, 6.07) is 1.61. The van der Waals surface area contributed by atoms with E-state index in [1.807, 2.05) is 7.05 Å². The highest BCUT2D eigenvalue weighted by Crippen LogP contribution is 2.04. The zero-order valence-corrected chi connectivity index (χ0v) is 12.2. The number of halogens is 1. The van der Waals surface area contributed by atoms with Gasteiger partial charge in [0.15, 0.2) is 0 Å². The lowest BCUT2D eigenvalue weighted by Crippen LogP contribution is -2.34. The van der Waals surface area contributed by atoms with E-state index < -0.39 is 0 Å². The molecule has 0 radical (unpaired) electrons. The van der Waals surface area contributed by atoms with Gasteiger partial charge in [0, 0.05) is 32.4 Å². The molecule has 6 nitrogen and oxygen atoms in total. The molecule has 1 rings (SSSR count). The van der Waals surface area contributed by atoms with E-state index in [1.165, 1.54) is 0 Å². The zero-order valence-electron chi connectivity index (χ0n) is 11.4. The highest BCUT2D eigenvalue weighted by Gasteiger charge is 2.09. The van der Waals surface area contributed by atoms with Gasteiger partial charge in [0.25, 0.3) is 5.91 Å². The molecule has 1 N–H and O–H groups in total. The van der Waals surface area contributed by atoms with Crippen LogP contribution in [0.1, 0.15) is 16.2 Å². The number of carbonyl (C=O) groups is 1. The number of likely N-dealkylation sites (N-methyl/N-ethyl adjacent to an activating group) is 1. The van der Waals surface area contributed by atoms with E-state index in [1.54, 1.807) is 20.1 Å². The maximum Gasteiger partial charge on any atom is 0.270 e. The molecule has 1 amide bonds. The van der Waals surface area contributed by atoms with Crippen molar-refractivity contribution >= 4 is 17.5 Å². The number of hydrogen-bond donors (Lipinski definition) is 1. The summed E-state index contributed by atoms with van der Waals surface area (Å²) in [5.41, 5.74) is 0.958. The van der Waals surface area contributed by atoms with Crippen molar-refractivity contribution in [2.75, 3.05) is 40.4 Å². The molecule has 0 bridgehead atoms. The lowest BCUT2D eigenvalue weighted by atomic mass is 10.3. The summed E-state index contributed by atoms with van der Waals surface area (Å²) in [6.07, 6.45) is 0. The number of methoxy groups -OCH3 is 1. The predicted molar refractivity (Wildman–Crippen MR) is 73.5 cm³/mol. The molecule has 0 aliphatic heterocycles. The van der Waals surface area contributed by atoms with Crippen molar-refractivity contribution in [2.45, 2.75) is 6.92 Å². The Morgan fingerprint density at radius 3 is 2.84 bits per heavy atom. The fraction of sp³-hybridized carbons (Fsp3) is 0.583. The maximum atomic E-state index is 11.8. The van der Waals surface area contributed by atoms with E-state index in [9.17, 15) is 4.79 Å². The van der Waals surface area contributed by atoms with E-state index in [0.717, 1.165) is 13.1 Å². The molecule has 0 unspecified atom stereocenters. The average Bonchev–Trinajstić information content (AvgIpc) is 2.35. The molecule has 106 valence electrons. The Hall–Kier alpha value is -1.24. The minimum Gasteiger partial charge on any atom is -0.383 e. The third-order valence-corrected chi connectivity index (χ3v) is 2.68. The Labute approximate surface area is 118 Å². The van der Waals surface area contributed by atoms with Crippen LogP contribution in [-0.4, -0.2) is 61.2 Å². The summed E-state index contributed by atoms with van der Waals surface area (Å²) in [5.74, 6) is -0.243. The normalized spacial score (nSPS) is 10.8. The van der Waals surface area contributed by atoms with Gasteiger partial charge in [-0.05, 0) is 31.6 Å². The van der Waals surface area contributed by atoms with Crippen LogP contribution in [0.25, 0.3) is 0 Å². The first-order valence-electron chi connectivity index (χ1n) is 6.00. The molecule has 1 heterocycles. The van der Waals surface area contributed by atoms with Gasteiger partial charge in [0.2, 0.25) is 5.28 Å². The molecule has 0 aliphatic carbocycles. The third-order valence-electron chi connectivity index (χ3n) is 2.52. The first-order chi connectivity index (χ1) is 9.02. The summed E-state index contributed by atoms with van der Waals surface area (Å²) < 4.78 is 4.97. The average molecular weight is 287 g/mol. The predicted octanol–water partition coefficient (Wildman–Crippen LogP) is 0.746. The molecule has 19 heavy (non-hydrogen) atoms. The summed E-state index contributed by atoms with van der Waals surface area (Å²) in [7, 11) is 3.63. The van der Waals surface area contributed by atoms with Crippen LogP contribution in [0.4, 0.5) is 0 Å². The quantitative estimate of drug-likeness (QED) is 0.749. The van der Waals surface area contributed by atoms with E-state index in [-0.39, 0.29) is 16.9 Å². The molecule has 0 aliphatic rings. The zero-order chi connectivity index (χ0) is 14.3. The first-order valence-corrected chi connectivity index (χ1v) is 6.37. The Balaban J connectivity index is 2.39. The van der Waals surface area contributed by atoms with Gasteiger partial charge in [-0.15, -0.1) is 0 Å². The standard InChI is InChI=1S/C12H19ClN4O2/c1-9-8-10(16-12(13)15-9)11(18)14-4-5-17(2)6-7-19-3/h8H,4-7H2,1-3H3,(H,14,18). The largest absolute Gasteiger partial charge is 0.383 e. The maximum absolute atomic E-state index is 11.8. The van der Waals surface area contributed by atoms with Crippen LogP contribution in [0.5, 0.6) is 0 Å². The number of aryl methyl sites for hydroxylation is 1. The molecular formula is C12H19ClN4O2. The van der Waals surface area contributed by atoms with Crippen LogP contribution in [-0.2, 0) is 4.74 Å². The lowest BCUT2D eigenvalue weighted by Gasteiger charge is -2.16. The van der Waals surface area contributed by atoms with E-state index >= 15 is 0 Å². The third kappa shape index (κ3) is 5.96. The van der Waals surface area contributed by atoms with Crippen molar-refractivity contribution < 1.29 is 9.53 Å². The fourth-order valence-corrected chi connectivity index (χ4v) is 1.68. The van der Waals surface area contributed by atoms with Crippen LogP contribution in [0.15, 0.2) is 6.07 Å². The van der Waals surface area contributed by atoms with Crippen molar-refractivity contribution in [2.24, 2.45) is 0 Å². The number of amides is 1. The smallest absolute Gasteiger partial charge is 0.270 e. The van der Waals surface area contributed by atoms with E-state index in [0.29, 0.717) is 18.8 Å². The van der Waals surface area contributed by atoms with Crippen molar-refractivity contribution in [1.29, 1.82) is 0 Å². The van der Waals surface area contributed by atoms with Gasteiger partial charge in [-0.2, -0.15) is 0 Å². The van der Waals surface area contributed by atoms with Crippen molar-refractivity contribution in [1.82, 2.24) is 20.2 Å². The van der Waals surface area contributed by atoms with Crippen molar-refractivity contribution in [3.8, 4) is 0 Å². The number of rotatable bonds is 7. The van der Waals surface area contributed by atoms with Crippen molar-refractivity contribution in [3.05, 3.63) is 22.7 Å². The highest BCUT2D eigenvalue weighted by molar-refractivity contribution is 6.28. The molecule has 7 heteroatoms. The summed E-state index contributed by atoms with van der Waals surface area (Å²) in [4.78, 5) is 21.7. The molecule has 0 saturated heterocycles. The molecular weight excluding hydrogens is 268 g/mol. The SMILES string of the molecule is COCCN(C)CCNC(=O)c1cc(C)nc(Cl)n1. The van der Waals surface area contributed by atoms with Crippen molar-refractivity contribution in [3.63, 3.8) is 0 Å². The first kappa shape index (κ1) is 15.8. The minimum absolute atomic E-state index is 0.0855. The Morgan fingerprint density at radius 1 is 1.47 bits per heavy atom. The monoisotopic (exact) mass is 286 g/mol. The van der Waals surface area contributed by atoms with Gasteiger partial charge in [-0.25, -0.2) is 9.97 Å². The van der Waals surface area contributed by atoms with E-state index in [4.69, 9.17) is 16.3 Å². The molecule has 0 atom stereocenters. The number of hydrogen-bond acceptors (Lipinski definition) is 5. The summed E-state index contributed by atoms with van der Waals surface area (Å²) in [6.45, 7) is 4.55. The Bertz CT molecular complexity index is 408. The van der Waals surface area contributed by atoms with Gasteiger partial charge in [-0.1, -0.05) is 0 Å². The van der Waals surface area contributed by atoms with Crippen LogP contribution in [0.2, 0.25) is 5.28 Å². The number of ether oxygens (including phenoxy) is 1. The van der Waals surface area contributed by atoms with Crippen LogP contribution >= 0.6 is 11.6 Å². The number of carbonyl (C=O) groups excluding carboxylic acids is 1. The van der Waals surface area contributed by atoms with Gasteiger partial charge < -0.3 is 15.0 Å². The Morgan fingerprint density at radius 2 is 2.21 bits per heavy atom. The van der Waals surface area contributed by atoms with Gasteiger partial charge in [0.05, 0.1) is 6.61 Å². The van der Waals surface area contributed by atoms with Crippen LogP contribution in [0.3, 0.4) is 0 Å². The van der Waals surface area contributed by atoms with Gasteiger partial charge in [0.1, 0.15) is 5.69 Å². The highest BCUT2D eigenvalue weighted by atomic mass is 35.5. The second-order valence-electron chi connectivity index (χ2n) is 4.22. The molecule has 1 aromatic rings. The number of nitrogens with one attached hydrogen (secondary N) is 1. The molecule has 0 spiro atoms. The van der Waals surface area contributed by atoms with Gasteiger partial charge in [-0.3, -0.25) is 4.79 Å². The fourth-order valence-electron chi connectivity index (χ4n) is 1.46. The van der Waals surface area contributed by atoms with Crippen LogP contribution < -0.4 is 5.32 Å². The number of aromatic nitrogens is 2. The van der Waals surface area contributed by atoms with Gasteiger partial charge >= 0.3 is 0 Å². The molecule has 0 fully saturated rings. The molecule has 0 saturated carbocycles. The topological polar surface area (TPSA) is 67.3 Å².